The molecule has 0 unspecified atom stereocenters. The largest absolute Gasteiger partial charge is 0.377 e. The first kappa shape index (κ1) is 18.7. The molecule has 0 aliphatic rings. The minimum Gasteiger partial charge on any atom is -0.377 e. The molecule has 0 amide bonds. The zero-order chi connectivity index (χ0) is 17.6. The van der Waals surface area contributed by atoms with Crippen LogP contribution >= 0.6 is 15.9 Å². The summed E-state index contributed by atoms with van der Waals surface area (Å²) in [5, 5.41) is 8.97. The van der Waals surface area contributed by atoms with Gasteiger partial charge in [-0.05, 0) is 41.1 Å². The minimum atomic E-state index is -3.76. The molecule has 1 aromatic carbocycles. The first-order chi connectivity index (χ1) is 11.4. The molecule has 24 heavy (non-hydrogen) atoms. The molecule has 2 rings (SSSR count). The van der Waals surface area contributed by atoms with Crippen molar-refractivity contribution in [1.82, 2.24) is 4.57 Å². The van der Waals surface area contributed by atoms with Crippen molar-refractivity contribution < 1.29 is 17.3 Å². The van der Waals surface area contributed by atoms with E-state index in [9.17, 15) is 8.42 Å². The Morgan fingerprint density at radius 2 is 1.92 bits per heavy atom. The van der Waals surface area contributed by atoms with Gasteiger partial charge in [0.15, 0.2) is 0 Å². The molecule has 0 radical (unpaired) electrons. The first-order valence-electron chi connectivity index (χ1n) is 7.22. The fourth-order valence-corrected chi connectivity index (χ4v) is 3.35. The topological polar surface area (TPSA) is 81.3 Å². The Morgan fingerprint density at radius 3 is 2.58 bits per heavy atom. The summed E-state index contributed by atoms with van der Waals surface area (Å²) in [6.07, 6.45) is 1.79. The predicted octanol–water partition coefficient (Wildman–Crippen LogP) is 2.85. The van der Waals surface area contributed by atoms with Gasteiger partial charge in [-0.15, -0.1) is 0 Å². The summed E-state index contributed by atoms with van der Waals surface area (Å²) in [4.78, 5) is 0.129. The lowest BCUT2D eigenvalue weighted by atomic mass is 10.2. The summed E-state index contributed by atoms with van der Waals surface area (Å²) < 4.78 is 36.8. The number of hydrogen-bond acceptors (Lipinski definition) is 5. The molecule has 128 valence electrons. The van der Waals surface area contributed by atoms with Gasteiger partial charge in [-0.3, -0.25) is 4.18 Å². The Bertz CT molecular complexity index is 823. The maximum atomic E-state index is 12.0. The van der Waals surface area contributed by atoms with Gasteiger partial charge in [0.1, 0.15) is 11.8 Å². The number of nitriles is 1. The molecule has 8 heteroatoms. The number of ether oxygens (including phenoxy) is 1. The van der Waals surface area contributed by atoms with Gasteiger partial charge in [0.25, 0.3) is 10.1 Å². The highest BCUT2D eigenvalue weighted by molar-refractivity contribution is 9.10. The quantitative estimate of drug-likeness (QED) is 0.491. The maximum absolute atomic E-state index is 12.0. The number of aromatic nitrogens is 1. The number of hydrogen-bond donors (Lipinski definition) is 0. The zero-order valence-corrected chi connectivity index (χ0v) is 15.5. The van der Waals surface area contributed by atoms with Crippen LogP contribution in [-0.4, -0.2) is 32.8 Å². The van der Waals surface area contributed by atoms with Crippen LogP contribution in [0.15, 0.2) is 45.9 Å². The monoisotopic (exact) mass is 412 g/mol. The van der Waals surface area contributed by atoms with Crippen LogP contribution in [0.2, 0.25) is 0 Å². The molecule has 2 aromatic rings. The van der Waals surface area contributed by atoms with Crippen LogP contribution in [0.4, 0.5) is 0 Å². The fourth-order valence-electron chi connectivity index (χ4n) is 1.99. The van der Waals surface area contributed by atoms with Crippen LogP contribution in [0.25, 0.3) is 0 Å². The molecule has 0 N–H and O–H groups in total. The van der Waals surface area contributed by atoms with E-state index < -0.39 is 10.1 Å². The third-order valence-corrected chi connectivity index (χ3v) is 4.99. The van der Waals surface area contributed by atoms with E-state index in [0.717, 1.165) is 10.0 Å². The Hall–Kier alpha value is -1.66. The highest BCUT2D eigenvalue weighted by Crippen LogP contribution is 2.14. The Morgan fingerprint density at radius 1 is 1.21 bits per heavy atom. The predicted molar refractivity (Wildman–Crippen MR) is 92.0 cm³/mol. The van der Waals surface area contributed by atoms with Crippen molar-refractivity contribution in [1.29, 1.82) is 5.26 Å². The summed E-state index contributed by atoms with van der Waals surface area (Å²) in [7, 11) is -3.76. The third kappa shape index (κ3) is 5.18. The van der Waals surface area contributed by atoms with Crippen molar-refractivity contribution in [2.45, 2.75) is 18.4 Å². The van der Waals surface area contributed by atoms with Crippen LogP contribution in [0.5, 0.6) is 0 Å². The average molecular weight is 413 g/mol. The number of halogens is 1. The van der Waals surface area contributed by atoms with E-state index in [1.165, 1.54) is 12.1 Å². The molecule has 1 aromatic heterocycles. The van der Waals surface area contributed by atoms with Gasteiger partial charge in [0, 0.05) is 17.2 Å². The SMILES string of the molecule is Cc1ccc(S(=O)(=O)OCCOCCn2cc(Br)cc2C#N)cc1. The van der Waals surface area contributed by atoms with Crippen molar-refractivity contribution in [3.8, 4) is 6.07 Å². The standard InChI is InChI=1S/C16H17BrN2O4S/c1-13-2-4-16(5-3-13)24(20,21)23-9-8-22-7-6-19-12-14(17)10-15(19)11-18/h2-5,10,12H,6-9H2,1H3. The maximum Gasteiger partial charge on any atom is 0.297 e. The third-order valence-electron chi connectivity index (χ3n) is 3.23. The average Bonchev–Trinajstić information content (AvgIpc) is 2.91. The molecule has 0 aliphatic heterocycles. The molecule has 0 bridgehead atoms. The van der Waals surface area contributed by atoms with Gasteiger partial charge in [-0.25, -0.2) is 0 Å². The van der Waals surface area contributed by atoms with Crippen molar-refractivity contribution in [3.05, 3.63) is 52.3 Å². The molecular formula is C16H17BrN2O4S. The van der Waals surface area contributed by atoms with Crippen LogP contribution in [0.3, 0.4) is 0 Å². The fraction of sp³-hybridized carbons (Fsp3) is 0.312. The zero-order valence-electron chi connectivity index (χ0n) is 13.1. The molecule has 0 spiro atoms. The lowest BCUT2D eigenvalue weighted by molar-refractivity contribution is 0.0961. The van der Waals surface area contributed by atoms with E-state index in [1.54, 1.807) is 29.0 Å². The second kappa shape index (κ2) is 8.44. The van der Waals surface area contributed by atoms with E-state index in [-0.39, 0.29) is 18.1 Å². The number of benzene rings is 1. The molecule has 0 atom stereocenters. The van der Waals surface area contributed by atoms with E-state index in [4.69, 9.17) is 14.2 Å². The Kier molecular flexibility index (Phi) is 6.57. The lowest BCUT2D eigenvalue weighted by Crippen LogP contribution is -2.14. The normalized spacial score (nSPS) is 11.4. The van der Waals surface area contributed by atoms with Gasteiger partial charge in [-0.1, -0.05) is 17.7 Å². The Labute approximate surface area is 149 Å². The molecular weight excluding hydrogens is 396 g/mol. The lowest BCUT2D eigenvalue weighted by Gasteiger charge is -2.08. The van der Waals surface area contributed by atoms with Crippen LogP contribution in [0, 0.1) is 18.3 Å². The summed E-state index contributed by atoms with van der Waals surface area (Å²) in [5.74, 6) is 0. The van der Waals surface area contributed by atoms with Crippen molar-refractivity contribution in [2.24, 2.45) is 0 Å². The first-order valence-corrected chi connectivity index (χ1v) is 9.42. The summed E-state index contributed by atoms with van der Waals surface area (Å²) in [6, 6.07) is 10.3. The second-order valence-electron chi connectivity index (χ2n) is 5.05. The molecule has 0 aliphatic carbocycles. The van der Waals surface area contributed by atoms with E-state index in [0.29, 0.717) is 18.8 Å². The van der Waals surface area contributed by atoms with Crippen LogP contribution < -0.4 is 0 Å². The number of aryl methyl sites for hydroxylation is 1. The van der Waals surface area contributed by atoms with Gasteiger partial charge in [0.05, 0.1) is 24.7 Å². The summed E-state index contributed by atoms with van der Waals surface area (Å²) in [5.41, 5.74) is 1.51. The minimum absolute atomic E-state index is 0.0588. The van der Waals surface area contributed by atoms with Crippen LogP contribution in [-0.2, 0) is 25.6 Å². The highest BCUT2D eigenvalue weighted by atomic mass is 79.9. The molecule has 0 saturated carbocycles. The number of rotatable bonds is 8. The Balaban J connectivity index is 1.73. The van der Waals surface area contributed by atoms with Crippen molar-refractivity contribution in [2.75, 3.05) is 19.8 Å². The van der Waals surface area contributed by atoms with Gasteiger partial charge < -0.3 is 9.30 Å². The van der Waals surface area contributed by atoms with E-state index in [2.05, 4.69) is 22.0 Å². The summed E-state index contributed by atoms with van der Waals surface area (Å²) >= 11 is 3.31. The van der Waals surface area contributed by atoms with E-state index >= 15 is 0 Å². The molecule has 1 heterocycles. The molecule has 0 saturated heterocycles. The van der Waals surface area contributed by atoms with Gasteiger partial charge >= 0.3 is 0 Å². The van der Waals surface area contributed by atoms with Gasteiger partial charge in [-0.2, -0.15) is 13.7 Å². The number of nitrogens with zero attached hydrogens (tertiary/aromatic N) is 2. The van der Waals surface area contributed by atoms with Crippen LogP contribution in [0.1, 0.15) is 11.3 Å². The van der Waals surface area contributed by atoms with E-state index in [1.807, 2.05) is 6.92 Å². The smallest absolute Gasteiger partial charge is 0.297 e. The highest BCUT2D eigenvalue weighted by Gasteiger charge is 2.14. The second-order valence-corrected chi connectivity index (χ2v) is 7.58. The van der Waals surface area contributed by atoms with Crippen molar-refractivity contribution in [3.63, 3.8) is 0 Å². The summed E-state index contributed by atoms with van der Waals surface area (Å²) in [6.45, 7) is 2.82. The molecule has 6 nitrogen and oxygen atoms in total. The molecule has 0 fully saturated rings. The van der Waals surface area contributed by atoms with Crippen molar-refractivity contribution >= 4 is 26.0 Å². The van der Waals surface area contributed by atoms with Gasteiger partial charge in [0.2, 0.25) is 0 Å².